The SMILES string of the molecule is O=C1c2ccc3c4c(ccc(c24)CN1c1ccccc1)C(=O)N(c1ccccc1)C3=O. The normalized spacial score (nSPS) is 15.0. The van der Waals surface area contributed by atoms with Crippen LogP contribution < -0.4 is 9.80 Å². The molecular weight excluding hydrogens is 388 g/mol. The fourth-order valence-electron chi connectivity index (χ4n) is 4.58. The molecule has 4 aromatic rings. The molecule has 4 aromatic carbocycles. The molecule has 0 saturated carbocycles. The quantitative estimate of drug-likeness (QED) is 0.451. The number of benzene rings is 4. The molecule has 6 rings (SSSR count). The molecule has 2 heterocycles. The maximum Gasteiger partial charge on any atom is 0.265 e. The largest absolute Gasteiger partial charge is 0.304 e. The van der Waals surface area contributed by atoms with Gasteiger partial charge < -0.3 is 4.90 Å². The number of hydrogen-bond donors (Lipinski definition) is 0. The van der Waals surface area contributed by atoms with Gasteiger partial charge in [-0.2, -0.15) is 0 Å². The van der Waals surface area contributed by atoms with Gasteiger partial charge in [-0.1, -0.05) is 42.5 Å². The van der Waals surface area contributed by atoms with Gasteiger partial charge in [-0.3, -0.25) is 14.4 Å². The predicted molar refractivity (Wildman–Crippen MR) is 118 cm³/mol. The Hall–Kier alpha value is -4.25. The number of carbonyl (C=O) groups is 3. The second-order valence-electron chi connectivity index (χ2n) is 7.69. The van der Waals surface area contributed by atoms with Crippen LogP contribution in [0.4, 0.5) is 11.4 Å². The third-order valence-corrected chi connectivity index (χ3v) is 6.00. The van der Waals surface area contributed by atoms with E-state index in [9.17, 15) is 14.4 Å². The van der Waals surface area contributed by atoms with Crippen LogP contribution in [0.15, 0.2) is 84.9 Å². The van der Waals surface area contributed by atoms with Crippen LogP contribution in [0.5, 0.6) is 0 Å². The van der Waals surface area contributed by atoms with Gasteiger partial charge >= 0.3 is 0 Å². The molecule has 0 aliphatic carbocycles. The van der Waals surface area contributed by atoms with E-state index in [2.05, 4.69) is 0 Å². The lowest BCUT2D eigenvalue weighted by Crippen LogP contribution is -2.41. The molecule has 0 spiro atoms. The van der Waals surface area contributed by atoms with E-state index in [1.807, 2.05) is 42.5 Å². The summed E-state index contributed by atoms with van der Waals surface area (Å²) >= 11 is 0. The van der Waals surface area contributed by atoms with Gasteiger partial charge in [0.05, 0.1) is 12.2 Å². The number of rotatable bonds is 2. The van der Waals surface area contributed by atoms with E-state index in [0.717, 1.165) is 11.3 Å². The molecule has 2 aliphatic heterocycles. The second-order valence-corrected chi connectivity index (χ2v) is 7.69. The Morgan fingerprint density at radius 2 is 1.03 bits per heavy atom. The first kappa shape index (κ1) is 17.6. The number of imide groups is 1. The minimum absolute atomic E-state index is 0.132. The Balaban J connectivity index is 1.55. The predicted octanol–water partition coefficient (Wildman–Crippen LogP) is 4.80. The van der Waals surface area contributed by atoms with Crippen LogP contribution in [-0.4, -0.2) is 17.7 Å². The van der Waals surface area contributed by atoms with Crippen LogP contribution in [0.1, 0.15) is 36.6 Å². The summed E-state index contributed by atoms with van der Waals surface area (Å²) in [4.78, 5) is 42.9. The van der Waals surface area contributed by atoms with Crippen molar-refractivity contribution in [2.45, 2.75) is 6.54 Å². The van der Waals surface area contributed by atoms with E-state index in [0.29, 0.717) is 39.7 Å². The fourth-order valence-corrected chi connectivity index (χ4v) is 4.58. The monoisotopic (exact) mass is 404 g/mol. The lowest BCUT2D eigenvalue weighted by Gasteiger charge is -2.33. The number of nitrogens with zero attached hydrogens (tertiary/aromatic N) is 2. The summed E-state index contributed by atoms with van der Waals surface area (Å²) in [5.74, 6) is -0.872. The highest BCUT2D eigenvalue weighted by atomic mass is 16.2. The summed E-state index contributed by atoms with van der Waals surface area (Å²) in [5.41, 5.74) is 3.67. The average molecular weight is 404 g/mol. The molecule has 0 atom stereocenters. The van der Waals surface area contributed by atoms with Gasteiger partial charge in [0.1, 0.15) is 0 Å². The summed E-state index contributed by atoms with van der Waals surface area (Å²) in [6.07, 6.45) is 0. The Labute approximate surface area is 178 Å². The zero-order valence-electron chi connectivity index (χ0n) is 16.4. The number of anilines is 2. The molecule has 0 aromatic heterocycles. The molecule has 2 aliphatic rings. The van der Waals surface area contributed by atoms with Gasteiger partial charge in [0, 0.05) is 33.2 Å². The summed E-state index contributed by atoms with van der Waals surface area (Å²) in [5, 5.41) is 1.29. The average Bonchev–Trinajstić information content (AvgIpc) is 2.81. The van der Waals surface area contributed by atoms with Crippen molar-refractivity contribution in [1.82, 2.24) is 0 Å². The van der Waals surface area contributed by atoms with Crippen molar-refractivity contribution >= 4 is 39.9 Å². The van der Waals surface area contributed by atoms with Crippen molar-refractivity contribution in [2.24, 2.45) is 0 Å². The van der Waals surface area contributed by atoms with Crippen LogP contribution in [-0.2, 0) is 6.54 Å². The van der Waals surface area contributed by atoms with E-state index in [-0.39, 0.29) is 17.7 Å². The Morgan fingerprint density at radius 1 is 0.516 bits per heavy atom. The highest BCUT2D eigenvalue weighted by molar-refractivity contribution is 6.37. The lowest BCUT2D eigenvalue weighted by molar-refractivity contribution is 0.0891. The lowest BCUT2D eigenvalue weighted by atomic mass is 9.86. The van der Waals surface area contributed by atoms with E-state index in [4.69, 9.17) is 0 Å². The van der Waals surface area contributed by atoms with Crippen molar-refractivity contribution in [1.29, 1.82) is 0 Å². The molecular formula is C26H16N2O3. The van der Waals surface area contributed by atoms with Crippen molar-refractivity contribution in [3.63, 3.8) is 0 Å². The summed E-state index contributed by atoms with van der Waals surface area (Å²) in [6.45, 7) is 0.390. The highest BCUT2D eigenvalue weighted by Gasteiger charge is 2.37. The fraction of sp³-hybridized carbons (Fsp3) is 0.0385. The Bertz CT molecular complexity index is 1390. The van der Waals surface area contributed by atoms with E-state index in [1.54, 1.807) is 47.4 Å². The van der Waals surface area contributed by atoms with Gasteiger partial charge in [0.2, 0.25) is 0 Å². The van der Waals surface area contributed by atoms with Gasteiger partial charge in [-0.25, -0.2) is 4.90 Å². The van der Waals surface area contributed by atoms with Gasteiger partial charge in [-0.15, -0.1) is 0 Å². The van der Waals surface area contributed by atoms with E-state index < -0.39 is 0 Å². The molecule has 5 heteroatoms. The molecule has 0 saturated heterocycles. The molecule has 0 N–H and O–H groups in total. The highest BCUT2D eigenvalue weighted by Crippen LogP contribution is 2.39. The minimum atomic E-state index is -0.370. The Morgan fingerprint density at radius 3 is 1.65 bits per heavy atom. The molecule has 3 amide bonds. The number of para-hydroxylation sites is 2. The third kappa shape index (κ3) is 2.40. The van der Waals surface area contributed by atoms with Gasteiger partial charge in [0.15, 0.2) is 0 Å². The first-order valence-corrected chi connectivity index (χ1v) is 10.0. The summed E-state index contributed by atoms with van der Waals surface area (Å²) in [6, 6.07) is 25.5. The van der Waals surface area contributed by atoms with Gasteiger partial charge in [-0.05, 0) is 48.0 Å². The minimum Gasteiger partial charge on any atom is -0.304 e. The van der Waals surface area contributed by atoms with E-state index in [1.165, 1.54) is 4.90 Å². The number of carbonyl (C=O) groups excluding carboxylic acids is 3. The Kier molecular flexibility index (Phi) is 3.62. The zero-order chi connectivity index (χ0) is 21.1. The number of amides is 3. The van der Waals surface area contributed by atoms with Crippen LogP contribution in [0.2, 0.25) is 0 Å². The smallest absolute Gasteiger partial charge is 0.265 e. The second kappa shape index (κ2) is 6.37. The van der Waals surface area contributed by atoms with Crippen molar-refractivity contribution in [3.8, 4) is 0 Å². The topological polar surface area (TPSA) is 57.7 Å². The molecule has 31 heavy (non-hydrogen) atoms. The maximum atomic E-state index is 13.3. The molecule has 5 nitrogen and oxygen atoms in total. The number of hydrogen-bond acceptors (Lipinski definition) is 3. The maximum absolute atomic E-state index is 13.3. The van der Waals surface area contributed by atoms with Crippen LogP contribution in [0, 0.1) is 0 Å². The summed E-state index contributed by atoms with van der Waals surface area (Å²) < 4.78 is 0. The van der Waals surface area contributed by atoms with Crippen LogP contribution >= 0.6 is 0 Å². The van der Waals surface area contributed by atoms with E-state index >= 15 is 0 Å². The van der Waals surface area contributed by atoms with Crippen LogP contribution in [0.25, 0.3) is 10.8 Å². The van der Waals surface area contributed by atoms with Crippen LogP contribution in [0.3, 0.4) is 0 Å². The molecule has 0 fully saturated rings. The molecule has 0 radical (unpaired) electrons. The first-order chi connectivity index (χ1) is 15.1. The molecule has 148 valence electrons. The molecule has 0 bridgehead atoms. The van der Waals surface area contributed by atoms with Crippen molar-refractivity contribution < 1.29 is 14.4 Å². The summed E-state index contributed by atoms with van der Waals surface area (Å²) in [7, 11) is 0. The standard InChI is InChI=1S/C26H16N2O3/c29-24-19-13-14-21-23-20(25(30)28(26(21)31)18-9-5-2-6-10-18)12-11-16(22(19)23)15-27(24)17-7-3-1-4-8-17/h1-14H,15H2. The van der Waals surface area contributed by atoms with Crippen molar-refractivity contribution in [3.05, 3.63) is 107 Å². The molecule has 0 unspecified atom stereocenters. The van der Waals surface area contributed by atoms with Gasteiger partial charge in [0.25, 0.3) is 17.7 Å². The third-order valence-electron chi connectivity index (χ3n) is 6.00. The van der Waals surface area contributed by atoms with Crippen molar-refractivity contribution in [2.75, 3.05) is 9.80 Å². The first-order valence-electron chi connectivity index (χ1n) is 10.0. The zero-order valence-corrected chi connectivity index (χ0v) is 16.4.